The number of hydrogen-bond donors (Lipinski definition) is 0. The van der Waals surface area contributed by atoms with Crippen molar-refractivity contribution in [2.24, 2.45) is 0 Å². The Hall–Kier alpha value is -0.724. The van der Waals surface area contributed by atoms with Gasteiger partial charge in [0.15, 0.2) is 0 Å². The summed E-state index contributed by atoms with van der Waals surface area (Å²) in [4.78, 5) is 23.4. The van der Waals surface area contributed by atoms with Crippen LogP contribution in [0.1, 0.15) is 20.7 Å². The quantitative estimate of drug-likeness (QED) is 0.454. The molecular formula is C14H15KO4. The molecule has 0 aliphatic carbocycles. The Morgan fingerprint density at radius 1 is 0.947 bits per heavy atom. The first-order valence-corrected chi connectivity index (χ1v) is 5.35. The van der Waals surface area contributed by atoms with Crippen molar-refractivity contribution in [1.82, 2.24) is 0 Å². The van der Waals surface area contributed by atoms with Gasteiger partial charge in [-0.25, -0.2) is 9.59 Å². The fourth-order valence-electron chi connectivity index (χ4n) is 1.26. The van der Waals surface area contributed by atoms with Gasteiger partial charge in [0.05, 0.1) is 11.1 Å². The van der Waals surface area contributed by atoms with Gasteiger partial charge in [0, 0.05) is 0 Å². The van der Waals surface area contributed by atoms with E-state index >= 15 is 0 Å². The van der Waals surface area contributed by atoms with E-state index in [1.54, 1.807) is 12.1 Å². The summed E-state index contributed by atoms with van der Waals surface area (Å²) in [5.74, 6) is -1.16. The van der Waals surface area contributed by atoms with E-state index in [4.69, 9.17) is 9.47 Å². The van der Waals surface area contributed by atoms with Crippen molar-refractivity contribution in [3.05, 3.63) is 60.7 Å². The number of esters is 2. The second kappa shape index (κ2) is 10.1. The van der Waals surface area contributed by atoms with Crippen LogP contribution in [-0.2, 0) is 9.47 Å². The summed E-state index contributed by atoms with van der Waals surface area (Å²) in [5.41, 5.74) is 0.349. The van der Waals surface area contributed by atoms with Crippen LogP contribution < -0.4 is 0 Å². The summed E-state index contributed by atoms with van der Waals surface area (Å²) >= 11 is 0. The third-order valence-electron chi connectivity index (χ3n) is 2.03. The third-order valence-corrected chi connectivity index (χ3v) is 2.03. The van der Waals surface area contributed by atoms with E-state index in [2.05, 4.69) is 13.2 Å². The van der Waals surface area contributed by atoms with Crippen molar-refractivity contribution in [2.45, 2.75) is 0 Å². The second-order valence-electron chi connectivity index (χ2n) is 3.32. The molecule has 0 saturated heterocycles. The van der Waals surface area contributed by atoms with Crippen molar-refractivity contribution in [1.29, 1.82) is 0 Å². The number of carbonyl (C=O) groups is 2. The molecule has 1 aromatic rings. The zero-order valence-electron chi connectivity index (χ0n) is 9.93. The Kier molecular flexibility index (Phi) is 9.73. The summed E-state index contributed by atoms with van der Waals surface area (Å²) in [6.45, 7) is 7.07. The molecular weight excluding hydrogens is 271 g/mol. The van der Waals surface area contributed by atoms with Gasteiger partial charge in [-0.1, -0.05) is 37.4 Å². The van der Waals surface area contributed by atoms with Crippen LogP contribution in [0.5, 0.6) is 0 Å². The molecule has 0 saturated carbocycles. The number of ether oxygens (including phenoxy) is 2. The van der Waals surface area contributed by atoms with Gasteiger partial charge in [-0.05, 0) is 12.1 Å². The molecule has 0 unspecified atom stereocenters. The summed E-state index contributed by atoms with van der Waals surface area (Å²) in [5, 5.41) is 0. The number of benzene rings is 1. The van der Waals surface area contributed by atoms with E-state index < -0.39 is 11.9 Å². The fraction of sp³-hybridized carbons (Fsp3) is 0.143. The molecule has 1 aromatic carbocycles. The maximum absolute atomic E-state index is 11.7. The van der Waals surface area contributed by atoms with Crippen molar-refractivity contribution < 1.29 is 19.1 Å². The maximum atomic E-state index is 11.7. The Morgan fingerprint density at radius 2 is 1.32 bits per heavy atom. The predicted octanol–water partition coefficient (Wildman–Crippen LogP) is 1.72. The molecule has 0 bridgehead atoms. The minimum atomic E-state index is -0.582. The average Bonchev–Trinajstić information content (AvgIpc) is 2.42. The standard InChI is InChI=1S/C14H14O4.K.H/c1-3-9-17-13(15)11-7-5-6-8-12(11)14(16)18-10-4-2;;/h3-8H,1-2,9-10H2;;. The van der Waals surface area contributed by atoms with E-state index in [1.165, 1.54) is 24.3 Å². The van der Waals surface area contributed by atoms with Crippen LogP contribution in [0.15, 0.2) is 49.6 Å². The first kappa shape index (κ1) is 18.3. The summed E-state index contributed by atoms with van der Waals surface area (Å²) in [7, 11) is 0. The molecule has 0 aliphatic rings. The molecule has 0 amide bonds. The molecule has 0 N–H and O–H groups in total. The van der Waals surface area contributed by atoms with Crippen molar-refractivity contribution >= 4 is 63.3 Å². The van der Waals surface area contributed by atoms with Gasteiger partial charge in [-0.3, -0.25) is 0 Å². The molecule has 19 heavy (non-hydrogen) atoms. The van der Waals surface area contributed by atoms with Gasteiger partial charge < -0.3 is 9.47 Å². The fourth-order valence-corrected chi connectivity index (χ4v) is 1.26. The van der Waals surface area contributed by atoms with Crippen LogP contribution in [-0.4, -0.2) is 76.5 Å². The molecule has 0 spiro atoms. The first-order valence-electron chi connectivity index (χ1n) is 5.35. The normalized spacial score (nSPS) is 8.84. The van der Waals surface area contributed by atoms with Crippen LogP contribution in [0, 0.1) is 0 Å². The van der Waals surface area contributed by atoms with Gasteiger partial charge in [-0.2, -0.15) is 0 Å². The van der Waals surface area contributed by atoms with Gasteiger partial charge >= 0.3 is 63.3 Å². The molecule has 0 radical (unpaired) electrons. The number of rotatable bonds is 6. The zero-order chi connectivity index (χ0) is 13.4. The Bertz CT molecular complexity index is 425. The molecule has 0 atom stereocenters. The molecule has 96 valence electrons. The molecule has 0 aromatic heterocycles. The van der Waals surface area contributed by atoms with Gasteiger partial charge in [0.25, 0.3) is 0 Å². The van der Waals surface area contributed by atoms with Crippen LogP contribution in [0.3, 0.4) is 0 Å². The van der Waals surface area contributed by atoms with Crippen molar-refractivity contribution in [3.63, 3.8) is 0 Å². The molecule has 5 heteroatoms. The second-order valence-corrected chi connectivity index (χ2v) is 3.32. The van der Waals surface area contributed by atoms with Crippen molar-refractivity contribution in [3.8, 4) is 0 Å². The van der Waals surface area contributed by atoms with Crippen LogP contribution in [0.2, 0.25) is 0 Å². The van der Waals surface area contributed by atoms with E-state index in [1.807, 2.05) is 0 Å². The van der Waals surface area contributed by atoms with E-state index in [-0.39, 0.29) is 75.7 Å². The van der Waals surface area contributed by atoms with Crippen molar-refractivity contribution in [2.75, 3.05) is 13.2 Å². The van der Waals surface area contributed by atoms with Gasteiger partial charge in [0.1, 0.15) is 13.2 Å². The number of carbonyl (C=O) groups excluding carboxylic acids is 2. The van der Waals surface area contributed by atoms with E-state index in [9.17, 15) is 9.59 Å². The van der Waals surface area contributed by atoms with Gasteiger partial charge in [-0.15, -0.1) is 0 Å². The van der Waals surface area contributed by atoms with E-state index in [0.717, 1.165) is 0 Å². The Labute approximate surface area is 154 Å². The first-order chi connectivity index (χ1) is 8.70. The van der Waals surface area contributed by atoms with E-state index in [0.29, 0.717) is 0 Å². The minimum absolute atomic E-state index is 0. The SMILES string of the molecule is C=CCOC(=O)c1ccccc1C(=O)OCC=C.[KH]. The summed E-state index contributed by atoms with van der Waals surface area (Å²) in [6.07, 6.45) is 2.91. The number of hydrogen-bond acceptors (Lipinski definition) is 4. The molecule has 0 heterocycles. The van der Waals surface area contributed by atoms with Crippen LogP contribution in [0.4, 0.5) is 0 Å². The predicted molar refractivity (Wildman–Crippen MR) is 74.6 cm³/mol. The monoisotopic (exact) mass is 286 g/mol. The Morgan fingerprint density at radius 3 is 1.63 bits per heavy atom. The molecule has 1 rings (SSSR count). The summed E-state index contributed by atoms with van der Waals surface area (Å²) in [6, 6.07) is 6.31. The summed E-state index contributed by atoms with van der Waals surface area (Å²) < 4.78 is 9.78. The van der Waals surface area contributed by atoms with Gasteiger partial charge in [0.2, 0.25) is 0 Å². The van der Waals surface area contributed by atoms with Crippen LogP contribution in [0.25, 0.3) is 0 Å². The Balaban J connectivity index is 0.00000324. The zero-order valence-corrected chi connectivity index (χ0v) is 9.93. The topological polar surface area (TPSA) is 52.6 Å². The third kappa shape index (κ3) is 5.84. The molecule has 0 fully saturated rings. The molecule has 4 nitrogen and oxygen atoms in total. The molecule has 0 aliphatic heterocycles. The average molecular weight is 286 g/mol. The van der Waals surface area contributed by atoms with Crippen LogP contribution >= 0.6 is 0 Å².